The number of amides is 2. The SMILES string of the molecule is Cc1ccc(S(=O)(=O)N(CC(=O)N(Cc2cccc(Br)c2)[C@H](C)C(=O)NC(C)(C)C)c2ccc(C)c(C)c2)cc1. The molecule has 0 aliphatic heterocycles. The van der Waals surface area contributed by atoms with Crippen LogP contribution in [-0.4, -0.2) is 43.3 Å². The molecule has 0 saturated heterocycles. The first-order chi connectivity index (χ1) is 18.6. The molecule has 0 aliphatic carbocycles. The van der Waals surface area contributed by atoms with E-state index in [0.717, 1.165) is 31.0 Å². The van der Waals surface area contributed by atoms with Crippen molar-refractivity contribution in [2.24, 2.45) is 0 Å². The molecule has 3 aromatic rings. The van der Waals surface area contributed by atoms with Crippen molar-refractivity contribution in [2.45, 2.75) is 71.5 Å². The molecular formula is C31H38BrN3O4S. The third-order valence-electron chi connectivity index (χ3n) is 6.57. The van der Waals surface area contributed by atoms with Crippen molar-refractivity contribution < 1.29 is 18.0 Å². The Kier molecular flexibility index (Phi) is 9.85. The van der Waals surface area contributed by atoms with E-state index in [-0.39, 0.29) is 17.3 Å². The third kappa shape index (κ3) is 7.95. The van der Waals surface area contributed by atoms with Crippen LogP contribution in [0.4, 0.5) is 5.69 Å². The summed E-state index contributed by atoms with van der Waals surface area (Å²) >= 11 is 3.47. The average molecular weight is 629 g/mol. The summed E-state index contributed by atoms with van der Waals surface area (Å²) in [4.78, 5) is 28.8. The van der Waals surface area contributed by atoms with Crippen LogP contribution in [0.5, 0.6) is 0 Å². The lowest BCUT2D eigenvalue weighted by atomic mass is 10.1. The second-order valence-electron chi connectivity index (χ2n) is 11.2. The van der Waals surface area contributed by atoms with Crippen molar-refractivity contribution in [2.75, 3.05) is 10.8 Å². The fourth-order valence-corrected chi connectivity index (χ4v) is 5.99. The Hall–Kier alpha value is -3.17. The topological polar surface area (TPSA) is 86.8 Å². The molecule has 3 aromatic carbocycles. The molecule has 0 aromatic heterocycles. The monoisotopic (exact) mass is 627 g/mol. The van der Waals surface area contributed by atoms with E-state index in [1.165, 1.54) is 4.90 Å². The minimum absolute atomic E-state index is 0.0844. The minimum atomic E-state index is -4.11. The Morgan fingerprint density at radius 3 is 2.15 bits per heavy atom. The van der Waals surface area contributed by atoms with E-state index in [1.54, 1.807) is 43.3 Å². The maximum Gasteiger partial charge on any atom is 0.264 e. The van der Waals surface area contributed by atoms with E-state index in [0.29, 0.717) is 5.69 Å². The predicted molar refractivity (Wildman–Crippen MR) is 164 cm³/mol. The number of carbonyl (C=O) groups is 2. The molecule has 1 atom stereocenters. The summed E-state index contributed by atoms with van der Waals surface area (Å²) in [6.45, 7) is 12.6. The number of anilines is 1. The van der Waals surface area contributed by atoms with Crippen molar-refractivity contribution in [3.05, 3.63) is 93.5 Å². The number of nitrogens with one attached hydrogen (secondary N) is 1. The van der Waals surface area contributed by atoms with Gasteiger partial charge in [0.05, 0.1) is 10.6 Å². The lowest BCUT2D eigenvalue weighted by Gasteiger charge is -2.33. The number of nitrogens with zero attached hydrogens (tertiary/aromatic N) is 2. The molecule has 0 radical (unpaired) electrons. The number of halogens is 1. The second-order valence-corrected chi connectivity index (χ2v) is 13.9. The van der Waals surface area contributed by atoms with Gasteiger partial charge in [-0.15, -0.1) is 0 Å². The minimum Gasteiger partial charge on any atom is -0.350 e. The fourth-order valence-electron chi connectivity index (χ4n) is 4.14. The first kappa shape index (κ1) is 31.4. The molecule has 0 heterocycles. The summed E-state index contributed by atoms with van der Waals surface area (Å²) in [6.07, 6.45) is 0. The molecule has 1 N–H and O–H groups in total. The van der Waals surface area contributed by atoms with Crippen molar-refractivity contribution in [1.29, 1.82) is 0 Å². The summed E-state index contributed by atoms with van der Waals surface area (Å²) in [5, 5.41) is 2.94. The van der Waals surface area contributed by atoms with Gasteiger partial charge in [0.1, 0.15) is 12.6 Å². The summed E-state index contributed by atoms with van der Waals surface area (Å²) in [5.74, 6) is -0.819. The number of sulfonamides is 1. The van der Waals surface area contributed by atoms with Crippen molar-refractivity contribution in [1.82, 2.24) is 10.2 Å². The van der Waals surface area contributed by atoms with E-state index >= 15 is 0 Å². The van der Waals surface area contributed by atoms with E-state index in [4.69, 9.17) is 0 Å². The van der Waals surface area contributed by atoms with E-state index < -0.39 is 34.1 Å². The Labute approximate surface area is 246 Å². The van der Waals surface area contributed by atoms with Gasteiger partial charge in [-0.05, 0) is 102 Å². The van der Waals surface area contributed by atoms with Crippen LogP contribution in [0, 0.1) is 20.8 Å². The molecule has 0 spiro atoms. The summed E-state index contributed by atoms with van der Waals surface area (Å²) in [6, 6.07) is 18.5. The van der Waals surface area contributed by atoms with Gasteiger partial charge in [0.2, 0.25) is 11.8 Å². The molecule has 0 aliphatic rings. The third-order valence-corrected chi connectivity index (χ3v) is 8.86. The van der Waals surface area contributed by atoms with Crippen LogP contribution in [0.3, 0.4) is 0 Å². The number of hydrogen-bond acceptors (Lipinski definition) is 4. The molecule has 7 nitrogen and oxygen atoms in total. The molecule has 40 heavy (non-hydrogen) atoms. The van der Waals surface area contributed by atoms with Crippen LogP contribution in [0.25, 0.3) is 0 Å². The lowest BCUT2D eigenvalue weighted by Crippen LogP contribution is -2.54. The van der Waals surface area contributed by atoms with Crippen molar-refractivity contribution in [3.8, 4) is 0 Å². The summed E-state index contributed by atoms with van der Waals surface area (Å²) in [5.41, 5.74) is 3.51. The Morgan fingerprint density at radius 2 is 1.57 bits per heavy atom. The smallest absolute Gasteiger partial charge is 0.264 e. The molecule has 0 fully saturated rings. The van der Waals surface area contributed by atoms with Gasteiger partial charge in [0.25, 0.3) is 10.0 Å². The van der Waals surface area contributed by atoms with Crippen LogP contribution >= 0.6 is 15.9 Å². The second kappa shape index (κ2) is 12.6. The molecule has 0 bridgehead atoms. The van der Waals surface area contributed by atoms with Gasteiger partial charge in [0, 0.05) is 16.6 Å². The Bertz CT molecular complexity index is 1480. The maximum atomic E-state index is 14.0. The molecule has 9 heteroatoms. The van der Waals surface area contributed by atoms with Crippen LogP contribution in [0.15, 0.2) is 76.1 Å². The van der Waals surface area contributed by atoms with Gasteiger partial charge in [-0.3, -0.25) is 13.9 Å². The van der Waals surface area contributed by atoms with Crippen molar-refractivity contribution >= 4 is 43.5 Å². The van der Waals surface area contributed by atoms with Gasteiger partial charge in [-0.25, -0.2) is 8.42 Å². The normalized spacial score (nSPS) is 12.5. The highest BCUT2D eigenvalue weighted by molar-refractivity contribution is 9.10. The molecular weight excluding hydrogens is 590 g/mol. The van der Waals surface area contributed by atoms with Crippen LogP contribution < -0.4 is 9.62 Å². The molecule has 2 amide bonds. The zero-order valence-electron chi connectivity index (χ0n) is 24.2. The highest BCUT2D eigenvalue weighted by atomic mass is 79.9. The number of rotatable bonds is 9. The van der Waals surface area contributed by atoms with E-state index in [1.807, 2.05) is 71.9 Å². The first-order valence-corrected chi connectivity index (χ1v) is 15.3. The van der Waals surface area contributed by atoms with E-state index in [9.17, 15) is 18.0 Å². The van der Waals surface area contributed by atoms with Gasteiger partial charge in [0.15, 0.2) is 0 Å². The zero-order chi connectivity index (χ0) is 29.8. The van der Waals surface area contributed by atoms with Gasteiger partial charge >= 0.3 is 0 Å². The predicted octanol–water partition coefficient (Wildman–Crippen LogP) is 5.90. The number of benzene rings is 3. The quantitative estimate of drug-likeness (QED) is 0.320. The molecule has 3 rings (SSSR count). The Morgan fingerprint density at radius 1 is 0.925 bits per heavy atom. The summed E-state index contributed by atoms with van der Waals surface area (Å²) in [7, 11) is -4.11. The highest BCUT2D eigenvalue weighted by Crippen LogP contribution is 2.27. The standard InChI is InChI=1S/C31H38BrN3O4S/c1-21-11-15-28(16-12-21)40(38,39)35(27-14-13-22(2)23(3)17-27)20-29(36)34(19-25-9-8-10-26(32)18-25)24(4)30(37)33-31(5,6)7/h8-18,24H,19-20H2,1-7H3,(H,33,37)/t24-/m1/s1. The highest BCUT2D eigenvalue weighted by Gasteiger charge is 2.33. The number of carbonyl (C=O) groups excluding carboxylic acids is 2. The molecule has 0 saturated carbocycles. The number of aryl methyl sites for hydroxylation is 3. The van der Waals surface area contributed by atoms with Gasteiger partial charge in [-0.2, -0.15) is 0 Å². The number of hydrogen-bond donors (Lipinski definition) is 1. The van der Waals surface area contributed by atoms with Gasteiger partial charge < -0.3 is 10.2 Å². The van der Waals surface area contributed by atoms with Crippen molar-refractivity contribution in [3.63, 3.8) is 0 Å². The lowest BCUT2D eigenvalue weighted by molar-refractivity contribution is -0.140. The van der Waals surface area contributed by atoms with Crippen LogP contribution in [0.1, 0.15) is 49.9 Å². The largest absolute Gasteiger partial charge is 0.350 e. The first-order valence-electron chi connectivity index (χ1n) is 13.1. The van der Waals surface area contributed by atoms with Gasteiger partial charge in [-0.1, -0.05) is 51.8 Å². The maximum absolute atomic E-state index is 14.0. The summed E-state index contributed by atoms with van der Waals surface area (Å²) < 4.78 is 29.9. The average Bonchev–Trinajstić information content (AvgIpc) is 2.86. The fraction of sp³-hybridized carbons (Fsp3) is 0.355. The van der Waals surface area contributed by atoms with E-state index in [2.05, 4.69) is 21.2 Å². The molecule has 214 valence electrons. The zero-order valence-corrected chi connectivity index (χ0v) is 26.6. The Balaban J connectivity index is 2.07. The van der Waals surface area contributed by atoms with Crippen LogP contribution in [-0.2, 0) is 26.2 Å². The molecule has 0 unspecified atom stereocenters. The van der Waals surface area contributed by atoms with Crippen LogP contribution in [0.2, 0.25) is 0 Å².